The van der Waals surface area contributed by atoms with Crippen LogP contribution in [0.25, 0.3) is 0 Å². The van der Waals surface area contributed by atoms with E-state index in [0.29, 0.717) is 21.3 Å². The fourth-order valence-corrected chi connectivity index (χ4v) is 2.88. The SMILES string of the molecule is N#Cc1ncccc1CN1C(=O)C(=O)c2cccc(Br)c21. The number of pyridine rings is 1. The van der Waals surface area contributed by atoms with Crippen LogP contribution >= 0.6 is 15.9 Å². The number of halogens is 1. The number of ketones is 1. The lowest BCUT2D eigenvalue weighted by Gasteiger charge is -2.18. The van der Waals surface area contributed by atoms with Gasteiger partial charge in [0.05, 0.1) is 17.8 Å². The molecule has 0 N–H and O–H groups in total. The van der Waals surface area contributed by atoms with E-state index < -0.39 is 11.7 Å². The summed E-state index contributed by atoms with van der Waals surface area (Å²) in [6.45, 7) is 0.136. The molecule has 21 heavy (non-hydrogen) atoms. The van der Waals surface area contributed by atoms with Crippen molar-refractivity contribution in [3.8, 4) is 6.07 Å². The second-order valence-corrected chi connectivity index (χ2v) is 5.33. The molecule has 3 rings (SSSR count). The van der Waals surface area contributed by atoms with Gasteiger partial charge in [0, 0.05) is 16.2 Å². The van der Waals surface area contributed by atoms with Crippen molar-refractivity contribution in [2.45, 2.75) is 6.54 Å². The van der Waals surface area contributed by atoms with Crippen molar-refractivity contribution in [2.75, 3.05) is 4.90 Å². The number of Topliss-reactive ketones (excluding diaryl/α,β-unsaturated/α-hetero) is 1. The van der Waals surface area contributed by atoms with Crippen molar-refractivity contribution < 1.29 is 9.59 Å². The zero-order chi connectivity index (χ0) is 15.0. The van der Waals surface area contributed by atoms with E-state index in [1.807, 2.05) is 6.07 Å². The molecule has 102 valence electrons. The van der Waals surface area contributed by atoms with Crippen LogP contribution < -0.4 is 4.90 Å². The average Bonchev–Trinajstić information content (AvgIpc) is 2.74. The standard InChI is InChI=1S/C15H8BrN3O2/c16-11-5-1-4-10-13(11)19(15(21)14(10)20)8-9-3-2-6-18-12(9)7-17/h1-6H,8H2. The first-order valence-corrected chi connectivity index (χ1v) is 6.91. The van der Waals surface area contributed by atoms with Crippen molar-refractivity contribution >= 4 is 33.3 Å². The molecule has 0 unspecified atom stereocenters. The second kappa shape index (κ2) is 5.11. The Morgan fingerprint density at radius 2 is 2.05 bits per heavy atom. The molecular weight excluding hydrogens is 334 g/mol. The van der Waals surface area contributed by atoms with E-state index in [9.17, 15) is 9.59 Å². The van der Waals surface area contributed by atoms with Gasteiger partial charge in [0.1, 0.15) is 11.8 Å². The van der Waals surface area contributed by atoms with Crippen LogP contribution in [0.1, 0.15) is 21.6 Å². The van der Waals surface area contributed by atoms with Gasteiger partial charge in [0.25, 0.3) is 11.7 Å². The lowest BCUT2D eigenvalue weighted by Crippen LogP contribution is -2.29. The highest BCUT2D eigenvalue weighted by atomic mass is 79.9. The maximum Gasteiger partial charge on any atom is 0.299 e. The summed E-state index contributed by atoms with van der Waals surface area (Å²) in [4.78, 5) is 29.5. The zero-order valence-electron chi connectivity index (χ0n) is 10.7. The van der Waals surface area contributed by atoms with Gasteiger partial charge in [-0.3, -0.25) is 14.5 Å². The minimum absolute atomic E-state index is 0.136. The molecule has 0 saturated carbocycles. The minimum atomic E-state index is -0.593. The van der Waals surface area contributed by atoms with Gasteiger partial charge in [-0.15, -0.1) is 0 Å². The maximum absolute atomic E-state index is 12.2. The summed E-state index contributed by atoms with van der Waals surface area (Å²) in [6, 6.07) is 10.5. The molecule has 6 heteroatoms. The molecule has 0 saturated heterocycles. The third-order valence-corrected chi connectivity index (χ3v) is 3.91. The third kappa shape index (κ3) is 2.12. The number of nitrogens with zero attached hydrogens (tertiary/aromatic N) is 3. The normalized spacial score (nSPS) is 13.2. The Bertz CT molecular complexity index is 811. The predicted octanol–water partition coefficient (Wildman–Crippen LogP) is 2.45. The Morgan fingerprint density at radius 3 is 2.81 bits per heavy atom. The van der Waals surface area contributed by atoms with Crippen molar-refractivity contribution in [3.63, 3.8) is 0 Å². The number of hydrogen-bond acceptors (Lipinski definition) is 4. The van der Waals surface area contributed by atoms with Gasteiger partial charge in [-0.05, 0) is 34.1 Å². The lowest BCUT2D eigenvalue weighted by molar-refractivity contribution is -0.114. The van der Waals surface area contributed by atoms with Crippen molar-refractivity contribution in [2.24, 2.45) is 0 Å². The number of amides is 1. The summed E-state index contributed by atoms with van der Waals surface area (Å²) in [7, 11) is 0. The smallest absolute Gasteiger partial charge is 0.299 e. The monoisotopic (exact) mass is 341 g/mol. The summed E-state index contributed by atoms with van der Waals surface area (Å²) in [5, 5.41) is 9.07. The molecule has 0 bridgehead atoms. The molecule has 0 atom stereocenters. The summed E-state index contributed by atoms with van der Waals surface area (Å²) in [5.74, 6) is -1.13. The van der Waals surface area contributed by atoms with Crippen molar-refractivity contribution in [1.82, 2.24) is 4.98 Å². The highest BCUT2D eigenvalue weighted by Gasteiger charge is 2.37. The lowest BCUT2D eigenvalue weighted by atomic mass is 10.1. The van der Waals surface area contributed by atoms with Crippen LogP contribution in [0.5, 0.6) is 0 Å². The summed E-state index contributed by atoms with van der Waals surface area (Å²) < 4.78 is 0.668. The molecule has 5 nitrogen and oxygen atoms in total. The molecule has 1 aromatic carbocycles. The van der Waals surface area contributed by atoms with Gasteiger partial charge in [-0.2, -0.15) is 5.26 Å². The number of fused-ring (bicyclic) bond motifs is 1. The van der Waals surface area contributed by atoms with E-state index in [0.717, 1.165) is 0 Å². The number of anilines is 1. The van der Waals surface area contributed by atoms with Gasteiger partial charge in [0.2, 0.25) is 0 Å². The summed E-state index contributed by atoms with van der Waals surface area (Å²) >= 11 is 3.36. The molecule has 0 aliphatic carbocycles. The highest BCUT2D eigenvalue weighted by molar-refractivity contribution is 9.10. The van der Waals surface area contributed by atoms with E-state index >= 15 is 0 Å². The Labute approximate surface area is 129 Å². The number of rotatable bonds is 2. The molecule has 0 spiro atoms. The van der Waals surface area contributed by atoms with E-state index in [2.05, 4.69) is 20.9 Å². The Balaban J connectivity index is 2.07. The van der Waals surface area contributed by atoms with Gasteiger partial charge in [-0.1, -0.05) is 12.1 Å². The number of para-hydroxylation sites is 1. The van der Waals surface area contributed by atoms with Crippen LogP contribution in [-0.2, 0) is 11.3 Å². The number of hydrogen-bond donors (Lipinski definition) is 0. The van der Waals surface area contributed by atoms with Crippen LogP contribution in [0.15, 0.2) is 41.0 Å². The molecule has 1 amide bonds. The fourth-order valence-electron chi connectivity index (χ4n) is 2.30. The van der Waals surface area contributed by atoms with Crippen molar-refractivity contribution in [1.29, 1.82) is 5.26 Å². The Hall–Kier alpha value is -2.52. The minimum Gasteiger partial charge on any atom is -0.299 e. The van der Waals surface area contributed by atoms with Gasteiger partial charge in [0.15, 0.2) is 0 Å². The highest BCUT2D eigenvalue weighted by Crippen LogP contribution is 2.36. The molecule has 1 aliphatic heterocycles. The summed E-state index contributed by atoms with van der Waals surface area (Å²) in [5.41, 5.74) is 1.76. The molecule has 1 aliphatic rings. The number of benzene rings is 1. The number of carbonyl (C=O) groups excluding carboxylic acids is 2. The molecular formula is C15H8BrN3O2. The maximum atomic E-state index is 12.2. The molecule has 2 aromatic rings. The molecule has 2 heterocycles. The third-order valence-electron chi connectivity index (χ3n) is 3.27. The van der Waals surface area contributed by atoms with E-state index in [1.54, 1.807) is 30.3 Å². The van der Waals surface area contributed by atoms with Crippen LogP contribution in [0, 0.1) is 11.3 Å². The second-order valence-electron chi connectivity index (χ2n) is 4.48. The summed E-state index contributed by atoms with van der Waals surface area (Å²) in [6.07, 6.45) is 1.52. The largest absolute Gasteiger partial charge is 0.299 e. The van der Waals surface area contributed by atoms with Crippen LogP contribution in [0.4, 0.5) is 5.69 Å². The molecule has 1 aromatic heterocycles. The first kappa shape index (κ1) is 13.5. The zero-order valence-corrected chi connectivity index (χ0v) is 12.3. The van der Waals surface area contributed by atoms with Crippen LogP contribution in [0.3, 0.4) is 0 Å². The fraction of sp³-hybridized carbons (Fsp3) is 0.0667. The molecule has 0 fully saturated rings. The van der Waals surface area contributed by atoms with E-state index in [4.69, 9.17) is 5.26 Å². The van der Waals surface area contributed by atoms with Gasteiger partial charge < -0.3 is 0 Å². The van der Waals surface area contributed by atoms with Gasteiger partial charge >= 0.3 is 0 Å². The van der Waals surface area contributed by atoms with Crippen molar-refractivity contribution in [3.05, 3.63) is 57.8 Å². The topological polar surface area (TPSA) is 74.1 Å². The quantitative estimate of drug-likeness (QED) is 0.786. The van der Waals surface area contributed by atoms with Crippen LogP contribution in [0.2, 0.25) is 0 Å². The first-order chi connectivity index (χ1) is 10.1. The van der Waals surface area contributed by atoms with E-state index in [-0.39, 0.29) is 12.2 Å². The number of aromatic nitrogens is 1. The molecule has 0 radical (unpaired) electrons. The average molecular weight is 342 g/mol. The predicted molar refractivity (Wildman–Crippen MR) is 78.6 cm³/mol. The van der Waals surface area contributed by atoms with Crippen LogP contribution in [-0.4, -0.2) is 16.7 Å². The van der Waals surface area contributed by atoms with Gasteiger partial charge in [-0.25, -0.2) is 4.98 Å². The van der Waals surface area contributed by atoms with E-state index in [1.165, 1.54) is 11.1 Å². The number of nitriles is 1. The number of carbonyl (C=O) groups is 2. The Kier molecular flexibility index (Phi) is 3.28. The Morgan fingerprint density at radius 1 is 1.24 bits per heavy atom. The first-order valence-electron chi connectivity index (χ1n) is 6.12.